The molecule has 0 spiro atoms. The first-order chi connectivity index (χ1) is 14.8. The van der Waals surface area contributed by atoms with Gasteiger partial charge in [0.25, 0.3) is 0 Å². The predicted molar refractivity (Wildman–Crippen MR) is 120 cm³/mol. The first kappa shape index (κ1) is 22.5. The van der Waals surface area contributed by atoms with E-state index in [9.17, 15) is 14.4 Å². The van der Waals surface area contributed by atoms with Gasteiger partial charge in [0.15, 0.2) is 0 Å². The molecule has 2 N–H and O–H groups in total. The highest BCUT2D eigenvalue weighted by Gasteiger charge is 2.34. The minimum Gasteiger partial charge on any atom is -0.338 e. The maximum Gasteiger partial charge on any atom is 0.245 e. The topological polar surface area (TPSA) is 78.5 Å². The Kier molecular flexibility index (Phi) is 7.45. The summed E-state index contributed by atoms with van der Waals surface area (Å²) >= 11 is 0. The van der Waals surface area contributed by atoms with Gasteiger partial charge in [-0.1, -0.05) is 68.4 Å². The van der Waals surface area contributed by atoms with Gasteiger partial charge in [0.2, 0.25) is 17.7 Å². The first-order valence-corrected chi connectivity index (χ1v) is 10.8. The van der Waals surface area contributed by atoms with E-state index in [1.54, 1.807) is 11.8 Å². The quantitative estimate of drug-likeness (QED) is 0.674. The van der Waals surface area contributed by atoms with E-state index >= 15 is 0 Å². The van der Waals surface area contributed by atoms with Crippen LogP contribution in [0.1, 0.15) is 49.8 Å². The lowest BCUT2D eigenvalue weighted by Crippen LogP contribution is -2.46. The highest BCUT2D eigenvalue weighted by atomic mass is 16.2. The summed E-state index contributed by atoms with van der Waals surface area (Å²) in [7, 11) is 0. The number of rotatable bonds is 7. The number of carbonyl (C=O) groups is 3. The van der Waals surface area contributed by atoms with E-state index in [0.29, 0.717) is 19.0 Å². The molecule has 1 fully saturated rings. The zero-order chi connectivity index (χ0) is 22.4. The number of carbonyl (C=O) groups excluding carboxylic acids is 3. The van der Waals surface area contributed by atoms with Crippen molar-refractivity contribution in [2.45, 2.75) is 46.1 Å². The van der Waals surface area contributed by atoms with Crippen molar-refractivity contribution >= 4 is 17.7 Å². The van der Waals surface area contributed by atoms with Crippen molar-refractivity contribution in [2.75, 3.05) is 6.54 Å². The van der Waals surface area contributed by atoms with Crippen LogP contribution in [0.15, 0.2) is 54.6 Å². The number of hydrazine groups is 1. The molecule has 0 radical (unpaired) electrons. The van der Waals surface area contributed by atoms with E-state index in [1.807, 2.05) is 54.6 Å². The summed E-state index contributed by atoms with van der Waals surface area (Å²) in [6.45, 7) is 6.98. The number of nitrogens with zero attached hydrogens (tertiary/aromatic N) is 1. The van der Waals surface area contributed by atoms with E-state index in [4.69, 9.17) is 0 Å². The van der Waals surface area contributed by atoms with E-state index < -0.39 is 11.8 Å². The molecule has 0 aromatic heterocycles. The largest absolute Gasteiger partial charge is 0.338 e. The average molecular weight is 422 g/mol. The fourth-order valence-corrected chi connectivity index (χ4v) is 3.80. The fourth-order valence-electron chi connectivity index (χ4n) is 3.80. The van der Waals surface area contributed by atoms with Crippen LogP contribution in [-0.4, -0.2) is 29.2 Å². The summed E-state index contributed by atoms with van der Waals surface area (Å²) in [5, 5.41) is 0. The molecule has 164 valence electrons. The molecule has 6 heteroatoms. The number of nitrogens with one attached hydrogen (secondary N) is 2. The van der Waals surface area contributed by atoms with Crippen molar-refractivity contribution in [3.8, 4) is 0 Å². The Labute approximate surface area is 184 Å². The fraction of sp³-hybridized carbons (Fsp3) is 0.400. The molecule has 1 saturated heterocycles. The molecule has 1 aliphatic heterocycles. The van der Waals surface area contributed by atoms with E-state index in [1.165, 1.54) is 5.56 Å². The van der Waals surface area contributed by atoms with Gasteiger partial charge >= 0.3 is 0 Å². The molecule has 6 nitrogen and oxygen atoms in total. The molecule has 3 rings (SSSR count). The Morgan fingerprint density at radius 2 is 1.65 bits per heavy atom. The highest BCUT2D eigenvalue weighted by Crippen LogP contribution is 2.21. The summed E-state index contributed by atoms with van der Waals surface area (Å²) in [5.74, 6) is -0.958. The van der Waals surface area contributed by atoms with E-state index in [-0.39, 0.29) is 24.1 Å². The molecule has 1 aliphatic rings. The number of likely N-dealkylation sites (tertiary alicyclic amines) is 1. The second-order valence-corrected chi connectivity index (χ2v) is 8.70. The highest BCUT2D eigenvalue weighted by molar-refractivity contribution is 5.91. The molecular weight excluding hydrogens is 390 g/mol. The Hall–Kier alpha value is -3.15. The molecule has 0 aliphatic carbocycles. The summed E-state index contributed by atoms with van der Waals surface area (Å²) in [6, 6.07) is 17.7. The summed E-state index contributed by atoms with van der Waals surface area (Å²) in [5.41, 5.74) is 8.18. The molecule has 2 aromatic rings. The molecule has 3 amide bonds. The molecule has 31 heavy (non-hydrogen) atoms. The van der Waals surface area contributed by atoms with Gasteiger partial charge in [-0.05, 0) is 36.0 Å². The maximum absolute atomic E-state index is 12.5. The minimum absolute atomic E-state index is 0.0508. The van der Waals surface area contributed by atoms with Crippen molar-refractivity contribution in [1.29, 1.82) is 0 Å². The van der Waals surface area contributed by atoms with Crippen LogP contribution in [0.5, 0.6) is 0 Å². The zero-order valence-electron chi connectivity index (χ0n) is 18.4. The average Bonchev–Trinajstić information content (AvgIpc) is 3.12. The maximum atomic E-state index is 12.5. The van der Waals surface area contributed by atoms with Gasteiger partial charge in [-0.25, -0.2) is 0 Å². The third-order valence-electron chi connectivity index (χ3n) is 5.63. The summed E-state index contributed by atoms with van der Waals surface area (Å²) in [6.07, 6.45) is 1.15. The summed E-state index contributed by atoms with van der Waals surface area (Å²) < 4.78 is 0. The number of hydrogen-bond donors (Lipinski definition) is 2. The van der Waals surface area contributed by atoms with E-state index in [2.05, 4.69) is 24.7 Å². The van der Waals surface area contributed by atoms with Crippen molar-refractivity contribution in [2.24, 2.45) is 11.8 Å². The van der Waals surface area contributed by atoms with Crippen LogP contribution in [0, 0.1) is 11.8 Å². The predicted octanol–water partition coefficient (Wildman–Crippen LogP) is 3.18. The molecule has 2 unspecified atom stereocenters. The monoisotopic (exact) mass is 421 g/mol. The Morgan fingerprint density at radius 1 is 0.968 bits per heavy atom. The number of amides is 3. The minimum atomic E-state index is -0.470. The van der Waals surface area contributed by atoms with Crippen LogP contribution >= 0.6 is 0 Å². The van der Waals surface area contributed by atoms with Crippen LogP contribution in [-0.2, 0) is 27.3 Å². The van der Waals surface area contributed by atoms with Gasteiger partial charge in [-0.15, -0.1) is 0 Å². The Balaban J connectivity index is 1.48. The zero-order valence-corrected chi connectivity index (χ0v) is 18.4. The molecule has 0 bridgehead atoms. The lowest BCUT2D eigenvalue weighted by molar-refractivity contribution is -0.132. The standard InChI is InChI=1S/C25H31N3O3/c1-17(2)13-19-9-11-21(12-10-19)18(3)24(30)26-27-25(31)22-14-23(29)28(16-22)15-20-7-5-4-6-8-20/h4-12,17-18,22H,13-16H2,1-3H3,(H,26,30)(H,27,31). The van der Waals surface area contributed by atoms with Gasteiger partial charge in [0.05, 0.1) is 11.8 Å². The molecule has 2 atom stereocenters. The molecule has 2 aromatic carbocycles. The van der Waals surface area contributed by atoms with Crippen LogP contribution in [0.25, 0.3) is 0 Å². The van der Waals surface area contributed by atoms with Crippen LogP contribution in [0.4, 0.5) is 0 Å². The third-order valence-corrected chi connectivity index (χ3v) is 5.63. The summed E-state index contributed by atoms with van der Waals surface area (Å²) in [4.78, 5) is 38.9. The molecule has 1 heterocycles. The van der Waals surface area contributed by atoms with Gasteiger partial charge in [-0.3, -0.25) is 25.2 Å². The lowest BCUT2D eigenvalue weighted by atomic mass is 9.96. The Morgan fingerprint density at radius 3 is 2.29 bits per heavy atom. The van der Waals surface area contributed by atoms with Crippen molar-refractivity contribution < 1.29 is 14.4 Å². The SMILES string of the molecule is CC(C)Cc1ccc(C(C)C(=O)NNC(=O)C2CC(=O)N(Cc3ccccc3)C2)cc1. The smallest absolute Gasteiger partial charge is 0.245 e. The van der Waals surface area contributed by atoms with Gasteiger partial charge in [-0.2, -0.15) is 0 Å². The lowest BCUT2D eigenvalue weighted by Gasteiger charge is -2.17. The van der Waals surface area contributed by atoms with E-state index in [0.717, 1.165) is 17.5 Å². The molecular formula is C25H31N3O3. The van der Waals surface area contributed by atoms with Crippen molar-refractivity contribution in [1.82, 2.24) is 15.8 Å². The van der Waals surface area contributed by atoms with Crippen molar-refractivity contribution in [3.63, 3.8) is 0 Å². The van der Waals surface area contributed by atoms with Gasteiger partial charge in [0, 0.05) is 19.5 Å². The first-order valence-electron chi connectivity index (χ1n) is 10.8. The Bertz CT molecular complexity index is 909. The van der Waals surface area contributed by atoms with Crippen LogP contribution < -0.4 is 10.9 Å². The van der Waals surface area contributed by atoms with Crippen LogP contribution in [0.3, 0.4) is 0 Å². The number of benzene rings is 2. The van der Waals surface area contributed by atoms with Gasteiger partial charge in [0.1, 0.15) is 0 Å². The number of hydrogen-bond acceptors (Lipinski definition) is 3. The van der Waals surface area contributed by atoms with Crippen LogP contribution in [0.2, 0.25) is 0 Å². The third kappa shape index (κ3) is 6.17. The normalized spacial score (nSPS) is 17.0. The van der Waals surface area contributed by atoms with Crippen molar-refractivity contribution in [3.05, 3.63) is 71.3 Å². The van der Waals surface area contributed by atoms with Gasteiger partial charge < -0.3 is 4.90 Å². The molecule has 0 saturated carbocycles. The second kappa shape index (κ2) is 10.2. The second-order valence-electron chi connectivity index (χ2n) is 8.70.